The van der Waals surface area contributed by atoms with Crippen molar-refractivity contribution in [3.8, 4) is 0 Å². The Hall–Kier alpha value is -0.810. The number of hydrogen-bond donors (Lipinski definition) is 3. The molecule has 1 saturated carbocycles. The summed E-state index contributed by atoms with van der Waals surface area (Å²) in [6, 6.07) is 0.228. The summed E-state index contributed by atoms with van der Waals surface area (Å²) in [5.74, 6) is 0. The molecule has 0 radical (unpaired) electrons. The zero-order chi connectivity index (χ0) is 13.7. The lowest BCUT2D eigenvalue weighted by Gasteiger charge is -2.32. The van der Waals surface area contributed by atoms with Gasteiger partial charge in [-0.15, -0.1) is 0 Å². The first kappa shape index (κ1) is 14.6. The van der Waals surface area contributed by atoms with Crippen LogP contribution in [0.3, 0.4) is 0 Å². The first-order valence-corrected chi connectivity index (χ1v) is 7.55. The van der Waals surface area contributed by atoms with Crippen LogP contribution < -0.4 is 10.6 Å². The fourth-order valence-electron chi connectivity index (χ4n) is 2.69. The van der Waals surface area contributed by atoms with Gasteiger partial charge < -0.3 is 20.6 Å². The van der Waals surface area contributed by atoms with E-state index in [4.69, 9.17) is 0 Å². The van der Waals surface area contributed by atoms with Crippen molar-refractivity contribution in [3.05, 3.63) is 0 Å². The van der Waals surface area contributed by atoms with Crippen molar-refractivity contribution in [3.63, 3.8) is 0 Å². The molecule has 2 rings (SSSR count). The zero-order valence-electron chi connectivity index (χ0n) is 12.0. The van der Waals surface area contributed by atoms with Gasteiger partial charge in [0.05, 0.1) is 6.61 Å². The number of likely N-dealkylation sites (tertiary alicyclic amines) is 1. The van der Waals surface area contributed by atoms with E-state index in [0.29, 0.717) is 12.6 Å². The summed E-state index contributed by atoms with van der Waals surface area (Å²) in [4.78, 5) is 14.3. The van der Waals surface area contributed by atoms with Crippen molar-refractivity contribution in [1.82, 2.24) is 15.5 Å². The van der Waals surface area contributed by atoms with Gasteiger partial charge in [0.15, 0.2) is 0 Å². The number of nitrogens with zero attached hydrogens (tertiary/aromatic N) is 1. The molecule has 2 fully saturated rings. The lowest BCUT2D eigenvalue weighted by molar-refractivity contribution is 0.186. The summed E-state index contributed by atoms with van der Waals surface area (Å²) in [5, 5.41) is 15.1. The molecule has 3 N–H and O–H groups in total. The Balaban J connectivity index is 1.61. The van der Waals surface area contributed by atoms with E-state index in [9.17, 15) is 9.90 Å². The number of aliphatic hydroxyl groups excluding tert-OH is 1. The topological polar surface area (TPSA) is 64.6 Å². The molecule has 0 aromatic rings. The first-order chi connectivity index (χ1) is 9.17. The molecule has 0 atom stereocenters. The smallest absolute Gasteiger partial charge is 0.315 e. The monoisotopic (exact) mass is 269 g/mol. The number of amides is 2. The van der Waals surface area contributed by atoms with Crippen molar-refractivity contribution in [2.75, 3.05) is 32.8 Å². The van der Waals surface area contributed by atoms with Gasteiger partial charge >= 0.3 is 6.03 Å². The van der Waals surface area contributed by atoms with E-state index in [2.05, 4.69) is 22.5 Å². The van der Waals surface area contributed by atoms with Crippen LogP contribution in [0.25, 0.3) is 0 Å². The molecule has 1 aliphatic carbocycles. The fraction of sp³-hybridized carbons (Fsp3) is 0.929. The van der Waals surface area contributed by atoms with Gasteiger partial charge in [-0.2, -0.15) is 0 Å². The molecule has 1 heterocycles. The van der Waals surface area contributed by atoms with Gasteiger partial charge in [-0.05, 0) is 38.6 Å². The summed E-state index contributed by atoms with van der Waals surface area (Å²) in [7, 11) is 0. The molecule has 0 aromatic carbocycles. The Morgan fingerprint density at radius 3 is 2.58 bits per heavy atom. The highest BCUT2D eigenvalue weighted by molar-refractivity contribution is 5.74. The summed E-state index contributed by atoms with van der Waals surface area (Å²) in [6.45, 7) is 6.32. The second kappa shape index (κ2) is 6.57. The van der Waals surface area contributed by atoms with Crippen LogP contribution in [0.15, 0.2) is 0 Å². The molecule has 0 unspecified atom stereocenters. The van der Waals surface area contributed by atoms with E-state index in [1.807, 2.05) is 0 Å². The van der Waals surface area contributed by atoms with Crippen molar-refractivity contribution >= 4 is 6.03 Å². The largest absolute Gasteiger partial charge is 0.396 e. The molecule has 19 heavy (non-hydrogen) atoms. The van der Waals surface area contributed by atoms with Crippen LogP contribution in [0.5, 0.6) is 0 Å². The summed E-state index contributed by atoms with van der Waals surface area (Å²) < 4.78 is 0. The highest BCUT2D eigenvalue weighted by atomic mass is 16.3. The molecule has 1 aliphatic heterocycles. The van der Waals surface area contributed by atoms with Crippen LogP contribution in [0.1, 0.15) is 39.0 Å². The van der Waals surface area contributed by atoms with E-state index in [-0.39, 0.29) is 18.1 Å². The number of carbonyl (C=O) groups is 1. The number of nitrogens with one attached hydrogen (secondary N) is 2. The predicted molar refractivity (Wildman–Crippen MR) is 75.0 cm³/mol. The highest BCUT2D eigenvalue weighted by Gasteiger charge is 2.42. The Bertz CT molecular complexity index is 297. The molecule has 1 saturated heterocycles. The molecule has 5 heteroatoms. The van der Waals surface area contributed by atoms with Crippen LogP contribution in [0, 0.1) is 5.41 Å². The van der Waals surface area contributed by atoms with Crippen LogP contribution in [0.4, 0.5) is 4.79 Å². The second-order valence-corrected chi connectivity index (χ2v) is 6.10. The average molecular weight is 269 g/mol. The molecule has 2 aliphatic rings. The van der Waals surface area contributed by atoms with E-state index >= 15 is 0 Å². The molecule has 5 nitrogen and oxygen atoms in total. The predicted octanol–water partition coefficient (Wildman–Crippen LogP) is 0.933. The SMILES string of the molecule is CCCN1CCC(NC(=O)NCC2(CO)CC2)CC1. The lowest BCUT2D eigenvalue weighted by atomic mass is 10.1. The molecule has 110 valence electrons. The summed E-state index contributed by atoms with van der Waals surface area (Å²) in [6.07, 6.45) is 5.33. The number of urea groups is 1. The normalized spacial score (nSPS) is 23.1. The minimum Gasteiger partial charge on any atom is -0.396 e. The van der Waals surface area contributed by atoms with Crippen molar-refractivity contribution in [2.45, 2.75) is 45.1 Å². The van der Waals surface area contributed by atoms with Gasteiger partial charge in [0, 0.05) is 31.1 Å². The van der Waals surface area contributed by atoms with Crippen molar-refractivity contribution in [1.29, 1.82) is 0 Å². The van der Waals surface area contributed by atoms with Crippen LogP contribution in [0.2, 0.25) is 0 Å². The van der Waals surface area contributed by atoms with Gasteiger partial charge in [-0.25, -0.2) is 4.79 Å². The highest BCUT2D eigenvalue weighted by Crippen LogP contribution is 2.44. The number of aliphatic hydroxyl groups is 1. The third-order valence-electron chi connectivity index (χ3n) is 4.38. The van der Waals surface area contributed by atoms with Crippen LogP contribution >= 0.6 is 0 Å². The Labute approximate surface area is 115 Å². The van der Waals surface area contributed by atoms with E-state index in [1.165, 1.54) is 6.42 Å². The minimum atomic E-state index is -0.0753. The third-order valence-corrected chi connectivity index (χ3v) is 4.38. The molecular formula is C14H27N3O2. The van der Waals surface area contributed by atoms with Crippen LogP contribution in [-0.2, 0) is 0 Å². The number of hydrogen-bond acceptors (Lipinski definition) is 3. The quantitative estimate of drug-likeness (QED) is 0.672. The molecule has 0 spiro atoms. The molecule has 2 amide bonds. The average Bonchev–Trinajstić information content (AvgIpc) is 3.20. The summed E-state index contributed by atoms with van der Waals surface area (Å²) in [5.41, 5.74) is -0.0121. The van der Waals surface area contributed by atoms with Gasteiger partial charge in [0.2, 0.25) is 0 Å². The Morgan fingerprint density at radius 1 is 1.37 bits per heavy atom. The Kier molecular flexibility index (Phi) is 5.05. The maximum atomic E-state index is 11.8. The maximum Gasteiger partial charge on any atom is 0.315 e. The standard InChI is InChI=1S/C14H27N3O2/c1-2-7-17-8-3-12(4-9-17)16-13(19)15-10-14(11-18)5-6-14/h12,18H,2-11H2,1H3,(H2,15,16,19). The van der Waals surface area contributed by atoms with Gasteiger partial charge in [0.25, 0.3) is 0 Å². The van der Waals surface area contributed by atoms with E-state index < -0.39 is 0 Å². The van der Waals surface area contributed by atoms with Gasteiger partial charge in [0.1, 0.15) is 0 Å². The number of rotatable bonds is 6. The fourth-order valence-corrected chi connectivity index (χ4v) is 2.69. The van der Waals surface area contributed by atoms with E-state index in [1.54, 1.807) is 0 Å². The Morgan fingerprint density at radius 2 is 2.05 bits per heavy atom. The van der Waals surface area contributed by atoms with Crippen molar-refractivity contribution in [2.24, 2.45) is 5.41 Å². The maximum absolute atomic E-state index is 11.8. The first-order valence-electron chi connectivity index (χ1n) is 7.55. The van der Waals surface area contributed by atoms with Gasteiger partial charge in [-0.1, -0.05) is 6.92 Å². The van der Waals surface area contributed by atoms with Gasteiger partial charge in [-0.3, -0.25) is 0 Å². The molecule has 0 aromatic heterocycles. The van der Waals surface area contributed by atoms with E-state index in [0.717, 1.165) is 45.3 Å². The molecule has 0 bridgehead atoms. The zero-order valence-corrected chi connectivity index (χ0v) is 12.0. The second-order valence-electron chi connectivity index (χ2n) is 6.10. The van der Waals surface area contributed by atoms with Crippen LogP contribution in [-0.4, -0.2) is 54.9 Å². The molecular weight excluding hydrogens is 242 g/mol. The number of carbonyl (C=O) groups excluding carboxylic acids is 1. The lowest BCUT2D eigenvalue weighted by Crippen LogP contribution is -2.49. The third kappa shape index (κ3) is 4.35. The number of piperidine rings is 1. The van der Waals surface area contributed by atoms with Crippen molar-refractivity contribution < 1.29 is 9.90 Å². The summed E-state index contributed by atoms with van der Waals surface area (Å²) >= 11 is 0. The minimum absolute atomic E-state index is 0.0121.